The van der Waals surface area contributed by atoms with Gasteiger partial charge in [0, 0.05) is 11.1 Å². The van der Waals surface area contributed by atoms with E-state index in [1.807, 2.05) is 0 Å². The molecular formula is C14H12Cl2N2O2. The first kappa shape index (κ1) is 14.6. The Morgan fingerprint density at radius 3 is 1.25 bits per heavy atom. The van der Waals surface area contributed by atoms with Gasteiger partial charge in [0.2, 0.25) is 0 Å². The molecule has 0 saturated carbocycles. The molecule has 2 aromatic carbocycles. The molecule has 6 heteroatoms. The van der Waals surface area contributed by atoms with E-state index < -0.39 is 11.0 Å². The molecule has 0 bridgehead atoms. The summed E-state index contributed by atoms with van der Waals surface area (Å²) in [6, 6.07) is 17.2. The lowest BCUT2D eigenvalue weighted by atomic mass is 10.2. The van der Waals surface area contributed by atoms with Crippen molar-refractivity contribution in [1.29, 1.82) is 0 Å². The van der Waals surface area contributed by atoms with E-state index in [2.05, 4.69) is 0 Å². The standard InChI is InChI=1S/C14H12Cl2N2O2/c15-13(11-7-3-1-4-8-11)17(19)18(20)14(16)12-9-5-2-6-10-12/h1-10,13-14H/b18-17+. The summed E-state index contributed by atoms with van der Waals surface area (Å²) in [6.45, 7) is 0. The maximum absolute atomic E-state index is 12.0. The minimum Gasteiger partial charge on any atom is -0.565 e. The Morgan fingerprint density at radius 1 is 0.650 bits per heavy atom. The summed E-state index contributed by atoms with van der Waals surface area (Å²) in [5.41, 5.74) is -1.19. The van der Waals surface area contributed by atoms with Gasteiger partial charge in [0.05, 0.1) is 9.72 Å². The van der Waals surface area contributed by atoms with E-state index in [1.54, 1.807) is 60.7 Å². The molecule has 20 heavy (non-hydrogen) atoms. The Balaban J connectivity index is 2.27. The van der Waals surface area contributed by atoms with Crippen molar-refractivity contribution in [1.82, 2.24) is 0 Å². The van der Waals surface area contributed by atoms with Crippen LogP contribution >= 0.6 is 23.2 Å². The summed E-state index contributed by atoms with van der Waals surface area (Å²) in [5, 5.41) is 23.9. The number of benzene rings is 2. The van der Waals surface area contributed by atoms with Crippen molar-refractivity contribution >= 4 is 23.2 Å². The summed E-state index contributed by atoms with van der Waals surface area (Å²) in [5.74, 6) is 0. The smallest absolute Gasteiger partial charge is 0.327 e. The number of alkyl halides is 2. The zero-order chi connectivity index (χ0) is 14.5. The predicted octanol–water partition coefficient (Wildman–Crippen LogP) is 4.33. The first-order chi connectivity index (χ1) is 9.61. The molecule has 0 heterocycles. The molecule has 0 spiro atoms. The van der Waals surface area contributed by atoms with Gasteiger partial charge in [-0.25, -0.2) is 0 Å². The third kappa shape index (κ3) is 3.21. The molecule has 4 nitrogen and oxygen atoms in total. The number of nitrogens with zero attached hydrogens (tertiary/aromatic N) is 2. The highest BCUT2D eigenvalue weighted by atomic mass is 35.5. The Labute approximate surface area is 126 Å². The number of rotatable bonds is 4. The quantitative estimate of drug-likeness (QED) is 0.277. The molecule has 104 valence electrons. The topological polar surface area (TPSA) is 52.1 Å². The minimum absolute atomic E-state index is 0.127. The van der Waals surface area contributed by atoms with Crippen molar-refractivity contribution < 1.29 is 9.72 Å². The molecule has 0 aliphatic heterocycles. The fourth-order valence-corrected chi connectivity index (χ4v) is 2.14. The zero-order valence-electron chi connectivity index (χ0n) is 10.4. The monoisotopic (exact) mass is 310 g/mol. The molecule has 0 N–H and O–H groups in total. The van der Waals surface area contributed by atoms with E-state index in [0.29, 0.717) is 11.1 Å². The zero-order valence-corrected chi connectivity index (χ0v) is 11.9. The van der Waals surface area contributed by atoms with Gasteiger partial charge in [-0.1, -0.05) is 60.7 Å². The van der Waals surface area contributed by atoms with Crippen molar-refractivity contribution in [3.05, 3.63) is 82.2 Å². The van der Waals surface area contributed by atoms with E-state index in [0.717, 1.165) is 0 Å². The van der Waals surface area contributed by atoms with Crippen LogP contribution in [0.25, 0.3) is 0 Å². The molecule has 2 unspecified atom stereocenters. The first-order valence-electron chi connectivity index (χ1n) is 5.92. The Kier molecular flexibility index (Phi) is 4.82. The van der Waals surface area contributed by atoms with Gasteiger partial charge in [0.1, 0.15) is 0 Å². The number of azo groups is 1. The third-order valence-electron chi connectivity index (χ3n) is 2.73. The van der Waals surface area contributed by atoms with E-state index in [-0.39, 0.29) is 9.72 Å². The molecular weight excluding hydrogens is 299 g/mol. The van der Waals surface area contributed by atoms with Crippen molar-refractivity contribution in [3.8, 4) is 0 Å². The van der Waals surface area contributed by atoms with Crippen LogP contribution in [0.15, 0.2) is 60.7 Å². The lowest BCUT2D eigenvalue weighted by molar-refractivity contribution is -0.989. The highest BCUT2D eigenvalue weighted by Gasteiger charge is 2.28. The predicted molar refractivity (Wildman–Crippen MR) is 77.3 cm³/mol. The van der Waals surface area contributed by atoms with Crippen LogP contribution in [0.5, 0.6) is 0 Å². The van der Waals surface area contributed by atoms with Crippen LogP contribution < -0.4 is 0 Å². The van der Waals surface area contributed by atoms with Crippen molar-refractivity contribution in [2.45, 2.75) is 11.0 Å². The van der Waals surface area contributed by atoms with Crippen LogP contribution in [-0.4, -0.2) is 9.72 Å². The maximum atomic E-state index is 12.0. The van der Waals surface area contributed by atoms with E-state index >= 15 is 0 Å². The van der Waals surface area contributed by atoms with Gasteiger partial charge in [0.15, 0.2) is 0 Å². The van der Waals surface area contributed by atoms with Gasteiger partial charge in [0.25, 0.3) is 0 Å². The Bertz CT molecular complexity index is 537. The van der Waals surface area contributed by atoms with Gasteiger partial charge in [-0.3, -0.25) is 0 Å². The van der Waals surface area contributed by atoms with Crippen molar-refractivity contribution in [3.63, 3.8) is 0 Å². The average molecular weight is 311 g/mol. The molecule has 2 atom stereocenters. The number of hydrogen-bond donors (Lipinski definition) is 0. The maximum Gasteiger partial charge on any atom is 0.327 e. The van der Waals surface area contributed by atoms with E-state index in [9.17, 15) is 10.4 Å². The number of hydroxylamine groups is 2. The summed E-state index contributed by atoms with van der Waals surface area (Å²) >= 11 is 12.0. The Hall–Kier alpha value is -1.78. The molecule has 0 fully saturated rings. The summed E-state index contributed by atoms with van der Waals surface area (Å²) < 4.78 is 0. The molecule has 0 amide bonds. The van der Waals surface area contributed by atoms with E-state index in [1.165, 1.54) is 0 Å². The lowest BCUT2D eigenvalue weighted by Crippen LogP contribution is -2.21. The van der Waals surface area contributed by atoms with Crippen LogP contribution in [0.2, 0.25) is 0 Å². The SMILES string of the molecule is [O-]/[N+](C(Cl)c1ccccc1)=[N+](/[O-])C(Cl)c1ccccc1. The fraction of sp³-hybridized carbons (Fsp3) is 0.143. The van der Waals surface area contributed by atoms with Crippen LogP contribution in [0.1, 0.15) is 22.1 Å². The lowest BCUT2D eigenvalue weighted by Gasteiger charge is -2.12. The van der Waals surface area contributed by atoms with Crippen molar-refractivity contribution in [2.24, 2.45) is 0 Å². The van der Waals surface area contributed by atoms with Gasteiger partial charge in [-0.05, 0) is 23.2 Å². The minimum atomic E-state index is -1.13. The van der Waals surface area contributed by atoms with Gasteiger partial charge < -0.3 is 10.4 Å². The summed E-state index contributed by atoms with van der Waals surface area (Å²) in [7, 11) is 0. The van der Waals surface area contributed by atoms with Crippen LogP contribution in [0.3, 0.4) is 0 Å². The second kappa shape index (κ2) is 6.59. The number of hydrogen-bond acceptors (Lipinski definition) is 2. The molecule has 0 saturated heterocycles. The molecule has 0 radical (unpaired) electrons. The molecule has 2 aromatic rings. The van der Waals surface area contributed by atoms with E-state index in [4.69, 9.17) is 23.2 Å². The molecule has 0 aliphatic rings. The van der Waals surface area contributed by atoms with Crippen LogP contribution in [-0.2, 0) is 0 Å². The fourth-order valence-electron chi connectivity index (χ4n) is 1.68. The number of halogens is 2. The first-order valence-corrected chi connectivity index (χ1v) is 6.79. The molecule has 0 aromatic heterocycles. The normalized spacial score (nSPS) is 15.3. The average Bonchev–Trinajstić information content (AvgIpc) is 2.53. The second-order valence-electron chi connectivity index (χ2n) is 4.10. The highest BCUT2D eigenvalue weighted by Crippen LogP contribution is 2.26. The molecule has 2 rings (SSSR count). The Morgan fingerprint density at radius 2 is 0.950 bits per heavy atom. The third-order valence-corrected chi connectivity index (χ3v) is 3.57. The second-order valence-corrected chi connectivity index (χ2v) is 4.92. The summed E-state index contributed by atoms with van der Waals surface area (Å²) in [4.78, 5) is 0.253. The van der Waals surface area contributed by atoms with Crippen molar-refractivity contribution in [2.75, 3.05) is 0 Å². The molecule has 0 aliphatic carbocycles. The van der Waals surface area contributed by atoms with Gasteiger partial charge >= 0.3 is 11.0 Å². The largest absolute Gasteiger partial charge is 0.565 e. The van der Waals surface area contributed by atoms with Crippen LogP contribution in [0, 0.1) is 10.4 Å². The summed E-state index contributed by atoms with van der Waals surface area (Å²) in [6.07, 6.45) is 0. The highest BCUT2D eigenvalue weighted by molar-refractivity contribution is 6.20. The van der Waals surface area contributed by atoms with Gasteiger partial charge in [-0.2, -0.15) is 0 Å². The van der Waals surface area contributed by atoms with Crippen LogP contribution in [0.4, 0.5) is 0 Å². The van der Waals surface area contributed by atoms with Gasteiger partial charge in [-0.15, -0.1) is 0 Å².